The molecule has 1 fully saturated rings. The van der Waals surface area contributed by atoms with E-state index in [1.54, 1.807) is 0 Å². The van der Waals surface area contributed by atoms with Crippen molar-refractivity contribution in [1.82, 2.24) is 0 Å². The molecule has 0 aliphatic carbocycles. The van der Waals surface area contributed by atoms with Crippen molar-refractivity contribution in [2.75, 3.05) is 18.5 Å². The SMILES string of the molecule is Cc1ccc(NCC2CO2)cc1. The molecule has 1 heterocycles. The van der Waals surface area contributed by atoms with Crippen LogP contribution >= 0.6 is 0 Å². The van der Waals surface area contributed by atoms with Gasteiger partial charge in [0.2, 0.25) is 0 Å². The number of anilines is 1. The third-order valence-electron chi connectivity index (χ3n) is 1.99. The van der Waals surface area contributed by atoms with E-state index < -0.39 is 0 Å². The van der Waals surface area contributed by atoms with Gasteiger partial charge in [-0.1, -0.05) is 17.7 Å². The molecule has 2 heteroatoms. The van der Waals surface area contributed by atoms with Crippen molar-refractivity contribution in [2.24, 2.45) is 0 Å². The van der Waals surface area contributed by atoms with E-state index in [0.717, 1.165) is 13.2 Å². The van der Waals surface area contributed by atoms with Crippen molar-refractivity contribution in [1.29, 1.82) is 0 Å². The van der Waals surface area contributed by atoms with Crippen LogP contribution in [-0.2, 0) is 4.74 Å². The molecule has 0 bridgehead atoms. The standard InChI is InChI=1S/C10H13NO/c1-8-2-4-9(5-3-8)11-6-10-7-12-10/h2-5,10-11H,6-7H2,1H3. The van der Waals surface area contributed by atoms with Crippen LogP contribution in [0.25, 0.3) is 0 Å². The van der Waals surface area contributed by atoms with Crippen LogP contribution < -0.4 is 5.32 Å². The maximum Gasteiger partial charge on any atom is 0.0981 e. The van der Waals surface area contributed by atoms with Crippen molar-refractivity contribution >= 4 is 5.69 Å². The van der Waals surface area contributed by atoms with Crippen LogP contribution in [0.15, 0.2) is 24.3 Å². The molecular weight excluding hydrogens is 150 g/mol. The van der Waals surface area contributed by atoms with E-state index in [0.29, 0.717) is 6.10 Å². The molecule has 1 atom stereocenters. The van der Waals surface area contributed by atoms with Gasteiger partial charge in [0, 0.05) is 12.2 Å². The fourth-order valence-electron chi connectivity index (χ4n) is 1.09. The van der Waals surface area contributed by atoms with Gasteiger partial charge in [0.1, 0.15) is 0 Å². The largest absolute Gasteiger partial charge is 0.382 e. The van der Waals surface area contributed by atoms with Crippen LogP contribution in [0.5, 0.6) is 0 Å². The third-order valence-corrected chi connectivity index (χ3v) is 1.99. The van der Waals surface area contributed by atoms with E-state index in [1.165, 1.54) is 11.3 Å². The minimum Gasteiger partial charge on any atom is -0.382 e. The summed E-state index contributed by atoms with van der Waals surface area (Å²) in [5.74, 6) is 0. The number of benzene rings is 1. The zero-order valence-electron chi connectivity index (χ0n) is 7.21. The first kappa shape index (κ1) is 7.62. The fraction of sp³-hybridized carbons (Fsp3) is 0.400. The number of hydrogen-bond acceptors (Lipinski definition) is 2. The molecule has 0 spiro atoms. The molecule has 1 saturated heterocycles. The average molecular weight is 163 g/mol. The van der Waals surface area contributed by atoms with Crippen molar-refractivity contribution < 1.29 is 4.74 Å². The van der Waals surface area contributed by atoms with Gasteiger partial charge in [-0.05, 0) is 19.1 Å². The van der Waals surface area contributed by atoms with Crippen LogP contribution in [0.3, 0.4) is 0 Å². The molecule has 1 aliphatic heterocycles. The third kappa shape index (κ3) is 1.98. The predicted molar refractivity (Wildman–Crippen MR) is 49.4 cm³/mol. The van der Waals surface area contributed by atoms with E-state index in [2.05, 4.69) is 36.5 Å². The van der Waals surface area contributed by atoms with Gasteiger partial charge in [-0.25, -0.2) is 0 Å². The summed E-state index contributed by atoms with van der Waals surface area (Å²) >= 11 is 0. The number of aryl methyl sites for hydroxylation is 1. The molecule has 0 radical (unpaired) electrons. The topological polar surface area (TPSA) is 24.6 Å². The van der Waals surface area contributed by atoms with E-state index in [9.17, 15) is 0 Å². The summed E-state index contributed by atoms with van der Waals surface area (Å²) in [7, 11) is 0. The highest BCUT2D eigenvalue weighted by atomic mass is 16.6. The molecule has 0 saturated carbocycles. The maximum absolute atomic E-state index is 5.09. The quantitative estimate of drug-likeness (QED) is 0.687. The number of rotatable bonds is 3. The summed E-state index contributed by atoms with van der Waals surface area (Å²) < 4.78 is 5.09. The Morgan fingerprint density at radius 2 is 2.08 bits per heavy atom. The van der Waals surface area contributed by atoms with Gasteiger partial charge in [-0.2, -0.15) is 0 Å². The van der Waals surface area contributed by atoms with Gasteiger partial charge in [-0.15, -0.1) is 0 Å². The van der Waals surface area contributed by atoms with Crippen LogP contribution in [0.2, 0.25) is 0 Å². The van der Waals surface area contributed by atoms with E-state index in [1.807, 2.05) is 0 Å². The zero-order valence-corrected chi connectivity index (χ0v) is 7.21. The lowest BCUT2D eigenvalue weighted by atomic mass is 10.2. The highest BCUT2D eigenvalue weighted by Gasteiger charge is 2.21. The number of ether oxygens (including phenoxy) is 1. The molecular formula is C10H13NO. The van der Waals surface area contributed by atoms with Crippen LogP contribution in [-0.4, -0.2) is 19.3 Å². The van der Waals surface area contributed by atoms with Gasteiger partial charge in [0.25, 0.3) is 0 Å². The first-order valence-corrected chi connectivity index (χ1v) is 4.27. The summed E-state index contributed by atoms with van der Waals surface area (Å²) in [6.45, 7) is 3.94. The number of nitrogens with one attached hydrogen (secondary N) is 1. The lowest BCUT2D eigenvalue weighted by molar-refractivity contribution is 0.417. The molecule has 2 nitrogen and oxygen atoms in total. The van der Waals surface area contributed by atoms with E-state index in [4.69, 9.17) is 4.74 Å². The Labute approximate surface area is 72.5 Å². The Kier molecular flexibility index (Phi) is 2.00. The molecule has 1 aromatic carbocycles. The second kappa shape index (κ2) is 3.15. The van der Waals surface area contributed by atoms with E-state index >= 15 is 0 Å². The number of epoxide rings is 1. The second-order valence-electron chi connectivity index (χ2n) is 3.20. The highest BCUT2D eigenvalue weighted by molar-refractivity contribution is 5.44. The van der Waals surface area contributed by atoms with Crippen molar-refractivity contribution in [3.63, 3.8) is 0 Å². The Bertz CT molecular complexity index is 251. The number of hydrogen-bond donors (Lipinski definition) is 1. The lowest BCUT2D eigenvalue weighted by Gasteiger charge is -2.03. The fourth-order valence-corrected chi connectivity index (χ4v) is 1.09. The molecule has 1 aromatic rings. The zero-order chi connectivity index (χ0) is 8.39. The summed E-state index contributed by atoms with van der Waals surface area (Å²) in [6.07, 6.45) is 0.450. The smallest absolute Gasteiger partial charge is 0.0981 e. The molecule has 64 valence electrons. The average Bonchev–Trinajstić information content (AvgIpc) is 2.87. The maximum atomic E-state index is 5.09. The Balaban J connectivity index is 1.89. The Morgan fingerprint density at radius 3 is 2.67 bits per heavy atom. The minimum absolute atomic E-state index is 0.450. The Morgan fingerprint density at radius 1 is 1.42 bits per heavy atom. The molecule has 1 aliphatic rings. The monoisotopic (exact) mass is 163 g/mol. The van der Waals surface area contributed by atoms with Crippen molar-refractivity contribution in [2.45, 2.75) is 13.0 Å². The van der Waals surface area contributed by atoms with Crippen LogP contribution in [0.1, 0.15) is 5.56 Å². The summed E-state index contributed by atoms with van der Waals surface area (Å²) in [5, 5.41) is 3.31. The van der Waals surface area contributed by atoms with E-state index in [-0.39, 0.29) is 0 Å². The van der Waals surface area contributed by atoms with Crippen LogP contribution in [0, 0.1) is 6.92 Å². The van der Waals surface area contributed by atoms with Crippen LogP contribution in [0.4, 0.5) is 5.69 Å². The first-order chi connectivity index (χ1) is 5.84. The van der Waals surface area contributed by atoms with Gasteiger partial charge in [0.05, 0.1) is 12.7 Å². The Hall–Kier alpha value is -1.02. The first-order valence-electron chi connectivity index (χ1n) is 4.27. The van der Waals surface area contributed by atoms with Gasteiger partial charge >= 0.3 is 0 Å². The predicted octanol–water partition coefficient (Wildman–Crippen LogP) is 1.81. The molecule has 12 heavy (non-hydrogen) atoms. The van der Waals surface area contributed by atoms with Crippen molar-refractivity contribution in [3.05, 3.63) is 29.8 Å². The van der Waals surface area contributed by atoms with Gasteiger partial charge in [-0.3, -0.25) is 0 Å². The summed E-state index contributed by atoms with van der Waals surface area (Å²) in [6, 6.07) is 8.40. The molecule has 0 aromatic heterocycles. The molecule has 1 unspecified atom stereocenters. The molecule has 1 N–H and O–H groups in total. The second-order valence-corrected chi connectivity index (χ2v) is 3.20. The summed E-state index contributed by atoms with van der Waals surface area (Å²) in [5.41, 5.74) is 2.47. The lowest BCUT2D eigenvalue weighted by Crippen LogP contribution is -2.07. The van der Waals surface area contributed by atoms with Gasteiger partial charge in [0.15, 0.2) is 0 Å². The van der Waals surface area contributed by atoms with Gasteiger partial charge < -0.3 is 10.1 Å². The molecule has 0 amide bonds. The normalized spacial score (nSPS) is 20.6. The van der Waals surface area contributed by atoms with Crippen molar-refractivity contribution in [3.8, 4) is 0 Å². The molecule has 2 rings (SSSR count). The minimum atomic E-state index is 0.450. The highest BCUT2D eigenvalue weighted by Crippen LogP contribution is 2.12. The summed E-state index contributed by atoms with van der Waals surface area (Å²) in [4.78, 5) is 0.